The standard InChI is InChI=1S/C22H28N6O2/c1-5-28-21-17(12-26-28)19(27-14(4)13(2)3)18(11-24-21)22(30)25-10-15-8-6-7-9-16(15)20(23)29/h6-9,11-14H,5,10H2,1-4H3,(H2,23,29)(H,24,27)(H,25,30)/t14-/m0/s1. The van der Waals surface area contributed by atoms with Crippen LogP contribution in [-0.2, 0) is 13.1 Å². The summed E-state index contributed by atoms with van der Waals surface area (Å²) in [5.74, 6) is -0.442. The summed E-state index contributed by atoms with van der Waals surface area (Å²) in [7, 11) is 0. The molecule has 0 fully saturated rings. The van der Waals surface area contributed by atoms with E-state index in [0.717, 1.165) is 11.0 Å². The van der Waals surface area contributed by atoms with Gasteiger partial charge < -0.3 is 16.4 Å². The van der Waals surface area contributed by atoms with Gasteiger partial charge in [0.1, 0.15) is 0 Å². The molecule has 0 saturated carbocycles. The Kier molecular flexibility index (Phi) is 6.34. The SMILES string of the molecule is CCn1ncc2c(N[C@@H](C)C(C)C)c(C(=O)NCc3ccccc3C(N)=O)cnc21. The molecule has 2 heterocycles. The summed E-state index contributed by atoms with van der Waals surface area (Å²) >= 11 is 0. The van der Waals surface area contributed by atoms with Crippen molar-refractivity contribution in [2.75, 3.05) is 5.32 Å². The summed E-state index contributed by atoms with van der Waals surface area (Å²) < 4.78 is 1.80. The highest BCUT2D eigenvalue weighted by molar-refractivity contribution is 6.06. The van der Waals surface area contributed by atoms with Gasteiger partial charge in [-0.25, -0.2) is 9.67 Å². The van der Waals surface area contributed by atoms with Crippen molar-refractivity contribution in [1.82, 2.24) is 20.1 Å². The van der Waals surface area contributed by atoms with E-state index in [0.29, 0.717) is 34.8 Å². The Morgan fingerprint density at radius 1 is 1.13 bits per heavy atom. The first-order valence-corrected chi connectivity index (χ1v) is 10.1. The number of pyridine rings is 1. The number of benzene rings is 1. The highest BCUT2D eigenvalue weighted by Gasteiger charge is 2.20. The van der Waals surface area contributed by atoms with Gasteiger partial charge in [0.15, 0.2) is 5.65 Å². The number of aryl methyl sites for hydroxylation is 1. The van der Waals surface area contributed by atoms with Crippen LogP contribution in [0.1, 0.15) is 54.0 Å². The van der Waals surface area contributed by atoms with Gasteiger partial charge in [0.25, 0.3) is 5.91 Å². The third kappa shape index (κ3) is 4.27. The molecule has 0 aliphatic carbocycles. The third-order valence-electron chi connectivity index (χ3n) is 5.30. The van der Waals surface area contributed by atoms with E-state index in [1.165, 1.54) is 0 Å². The van der Waals surface area contributed by atoms with Crippen molar-refractivity contribution in [3.8, 4) is 0 Å². The Bertz CT molecular complexity index is 1070. The van der Waals surface area contributed by atoms with Gasteiger partial charge in [-0.1, -0.05) is 32.0 Å². The summed E-state index contributed by atoms with van der Waals surface area (Å²) in [4.78, 5) is 29.2. The number of carbonyl (C=O) groups is 2. The van der Waals surface area contributed by atoms with Crippen LogP contribution in [0.2, 0.25) is 0 Å². The molecule has 2 aromatic heterocycles. The van der Waals surface area contributed by atoms with Crippen LogP contribution in [0.15, 0.2) is 36.7 Å². The first kappa shape index (κ1) is 21.3. The number of nitrogens with two attached hydrogens (primary N) is 1. The van der Waals surface area contributed by atoms with E-state index in [1.807, 2.05) is 6.92 Å². The Hall–Kier alpha value is -3.42. The fourth-order valence-corrected chi connectivity index (χ4v) is 3.17. The van der Waals surface area contributed by atoms with Crippen LogP contribution in [0, 0.1) is 5.92 Å². The number of amides is 2. The molecule has 30 heavy (non-hydrogen) atoms. The van der Waals surface area contributed by atoms with E-state index >= 15 is 0 Å². The Balaban J connectivity index is 1.94. The molecular formula is C22H28N6O2. The number of rotatable bonds is 8. The van der Waals surface area contributed by atoms with Gasteiger partial charge in [-0.05, 0) is 31.4 Å². The Morgan fingerprint density at radius 2 is 1.87 bits per heavy atom. The molecule has 0 aliphatic heterocycles. The van der Waals surface area contributed by atoms with Crippen molar-refractivity contribution >= 4 is 28.5 Å². The monoisotopic (exact) mass is 408 g/mol. The average molecular weight is 409 g/mol. The van der Waals surface area contributed by atoms with Gasteiger partial charge >= 0.3 is 0 Å². The lowest BCUT2D eigenvalue weighted by atomic mass is 10.0. The molecule has 0 bridgehead atoms. The number of aromatic nitrogens is 3. The minimum Gasteiger partial charge on any atom is -0.381 e. The predicted octanol–water partition coefficient (Wildman–Crippen LogP) is 2.94. The molecule has 3 aromatic rings. The van der Waals surface area contributed by atoms with Crippen LogP contribution < -0.4 is 16.4 Å². The summed E-state index contributed by atoms with van der Waals surface area (Å²) in [6, 6.07) is 7.10. The summed E-state index contributed by atoms with van der Waals surface area (Å²) in [5, 5.41) is 11.5. The zero-order valence-corrected chi connectivity index (χ0v) is 17.8. The smallest absolute Gasteiger partial charge is 0.255 e. The maximum absolute atomic E-state index is 13.1. The second kappa shape index (κ2) is 8.94. The molecule has 0 saturated heterocycles. The van der Waals surface area contributed by atoms with Gasteiger partial charge in [-0.3, -0.25) is 9.59 Å². The summed E-state index contributed by atoms with van der Waals surface area (Å²) in [5.41, 5.74) is 8.36. The summed E-state index contributed by atoms with van der Waals surface area (Å²) in [6.07, 6.45) is 3.31. The van der Waals surface area contributed by atoms with Crippen molar-refractivity contribution in [2.45, 2.75) is 46.8 Å². The van der Waals surface area contributed by atoms with Gasteiger partial charge in [-0.2, -0.15) is 5.10 Å². The fourth-order valence-electron chi connectivity index (χ4n) is 3.17. The first-order valence-electron chi connectivity index (χ1n) is 10.1. The van der Waals surface area contributed by atoms with Crippen molar-refractivity contribution < 1.29 is 9.59 Å². The Morgan fingerprint density at radius 3 is 2.53 bits per heavy atom. The molecule has 0 radical (unpaired) electrons. The second-order valence-electron chi connectivity index (χ2n) is 7.63. The largest absolute Gasteiger partial charge is 0.381 e. The molecule has 158 valence electrons. The van der Waals surface area contributed by atoms with Gasteiger partial charge in [-0.15, -0.1) is 0 Å². The molecule has 0 spiro atoms. The maximum Gasteiger partial charge on any atom is 0.255 e. The molecule has 8 heteroatoms. The molecule has 1 atom stereocenters. The van der Waals surface area contributed by atoms with Gasteiger partial charge in [0, 0.05) is 30.9 Å². The Labute approximate surface area is 175 Å². The molecule has 1 aromatic carbocycles. The van der Waals surface area contributed by atoms with Crippen LogP contribution >= 0.6 is 0 Å². The number of fused-ring (bicyclic) bond motifs is 1. The van der Waals surface area contributed by atoms with Crippen molar-refractivity contribution in [3.63, 3.8) is 0 Å². The van der Waals surface area contributed by atoms with Crippen molar-refractivity contribution in [3.05, 3.63) is 53.3 Å². The van der Waals surface area contributed by atoms with Crippen LogP contribution in [0.25, 0.3) is 11.0 Å². The van der Waals surface area contributed by atoms with Gasteiger partial charge in [0.2, 0.25) is 5.91 Å². The number of nitrogens with one attached hydrogen (secondary N) is 2. The highest BCUT2D eigenvalue weighted by atomic mass is 16.2. The zero-order valence-electron chi connectivity index (χ0n) is 17.8. The second-order valence-corrected chi connectivity index (χ2v) is 7.63. The molecule has 2 amide bonds. The lowest BCUT2D eigenvalue weighted by molar-refractivity contribution is 0.0946. The van der Waals surface area contributed by atoms with E-state index in [4.69, 9.17) is 5.73 Å². The van der Waals surface area contributed by atoms with Crippen LogP contribution in [0.5, 0.6) is 0 Å². The lowest BCUT2D eigenvalue weighted by Crippen LogP contribution is -2.28. The van der Waals surface area contributed by atoms with Crippen LogP contribution in [0.3, 0.4) is 0 Å². The minimum atomic E-state index is -0.525. The lowest BCUT2D eigenvalue weighted by Gasteiger charge is -2.21. The topological polar surface area (TPSA) is 115 Å². The number of primary amides is 1. The number of nitrogens with zero attached hydrogens (tertiary/aromatic N) is 3. The number of anilines is 1. The normalized spacial score (nSPS) is 12.2. The molecule has 4 N–H and O–H groups in total. The van der Waals surface area contributed by atoms with Crippen molar-refractivity contribution in [1.29, 1.82) is 0 Å². The molecular weight excluding hydrogens is 380 g/mol. The van der Waals surface area contributed by atoms with Crippen LogP contribution in [-0.4, -0.2) is 32.6 Å². The molecule has 0 unspecified atom stereocenters. The first-order chi connectivity index (χ1) is 14.3. The molecule has 0 aliphatic rings. The quantitative estimate of drug-likeness (QED) is 0.530. The molecule has 3 rings (SSSR count). The maximum atomic E-state index is 13.1. The van der Waals surface area contributed by atoms with Gasteiger partial charge in [0.05, 0.1) is 22.8 Å². The predicted molar refractivity (Wildman–Crippen MR) is 117 cm³/mol. The van der Waals surface area contributed by atoms with E-state index < -0.39 is 5.91 Å². The minimum absolute atomic E-state index is 0.141. The molecule has 8 nitrogen and oxygen atoms in total. The summed E-state index contributed by atoms with van der Waals surface area (Å²) in [6.45, 7) is 9.17. The number of hydrogen-bond donors (Lipinski definition) is 3. The fraction of sp³-hybridized carbons (Fsp3) is 0.364. The van der Waals surface area contributed by atoms with E-state index in [2.05, 4.69) is 41.5 Å². The highest BCUT2D eigenvalue weighted by Crippen LogP contribution is 2.28. The van der Waals surface area contributed by atoms with E-state index in [1.54, 1.807) is 41.3 Å². The van der Waals surface area contributed by atoms with E-state index in [-0.39, 0.29) is 18.5 Å². The number of hydrogen-bond acceptors (Lipinski definition) is 5. The number of carbonyl (C=O) groups excluding carboxylic acids is 2. The van der Waals surface area contributed by atoms with Crippen LogP contribution in [0.4, 0.5) is 5.69 Å². The third-order valence-corrected chi connectivity index (χ3v) is 5.30. The van der Waals surface area contributed by atoms with E-state index in [9.17, 15) is 9.59 Å². The van der Waals surface area contributed by atoms with Crippen molar-refractivity contribution in [2.24, 2.45) is 11.7 Å². The zero-order chi connectivity index (χ0) is 21.8. The average Bonchev–Trinajstić information content (AvgIpc) is 3.15.